The Labute approximate surface area is 127 Å². The highest BCUT2D eigenvalue weighted by Gasteiger charge is 2.18. The molecule has 1 saturated heterocycles. The van der Waals surface area contributed by atoms with Crippen LogP contribution < -0.4 is 4.72 Å². The predicted molar refractivity (Wildman–Crippen MR) is 79.6 cm³/mol. The number of halogens is 2. The van der Waals surface area contributed by atoms with Crippen molar-refractivity contribution < 1.29 is 12.8 Å². The van der Waals surface area contributed by atoms with Crippen LogP contribution in [0.2, 0.25) is 0 Å². The highest BCUT2D eigenvalue weighted by Crippen LogP contribution is 2.22. The summed E-state index contributed by atoms with van der Waals surface area (Å²) in [6.45, 7) is 3.52. The zero-order chi connectivity index (χ0) is 14.6. The van der Waals surface area contributed by atoms with E-state index in [0.29, 0.717) is 6.54 Å². The molecule has 0 spiro atoms. The lowest BCUT2D eigenvalue weighted by Gasteiger charge is -2.14. The van der Waals surface area contributed by atoms with Crippen molar-refractivity contribution in [3.05, 3.63) is 28.5 Å². The summed E-state index contributed by atoms with van der Waals surface area (Å²) < 4.78 is 39.9. The van der Waals surface area contributed by atoms with Gasteiger partial charge in [0.2, 0.25) is 10.0 Å². The fraction of sp³-hybridized carbons (Fsp3) is 0.538. The number of hydrogen-bond donors (Lipinski definition) is 1. The van der Waals surface area contributed by atoms with E-state index in [2.05, 4.69) is 25.6 Å². The lowest BCUT2D eigenvalue weighted by Crippen LogP contribution is -2.29. The first-order valence-corrected chi connectivity index (χ1v) is 8.94. The highest BCUT2D eigenvalue weighted by molar-refractivity contribution is 9.10. The maximum Gasteiger partial charge on any atom is 0.241 e. The second kappa shape index (κ2) is 6.98. The van der Waals surface area contributed by atoms with Crippen LogP contribution in [0.25, 0.3) is 0 Å². The molecule has 7 heteroatoms. The van der Waals surface area contributed by atoms with Gasteiger partial charge in [-0.15, -0.1) is 0 Å². The molecule has 1 fully saturated rings. The van der Waals surface area contributed by atoms with Crippen LogP contribution in [0.5, 0.6) is 0 Å². The maximum absolute atomic E-state index is 13.0. The summed E-state index contributed by atoms with van der Waals surface area (Å²) >= 11 is 3.08. The van der Waals surface area contributed by atoms with E-state index < -0.39 is 15.8 Å². The van der Waals surface area contributed by atoms with Crippen molar-refractivity contribution in [3.8, 4) is 0 Å². The monoisotopic (exact) mass is 364 g/mol. The highest BCUT2D eigenvalue weighted by atomic mass is 79.9. The van der Waals surface area contributed by atoms with Gasteiger partial charge in [-0.1, -0.05) is 0 Å². The van der Waals surface area contributed by atoms with Crippen molar-refractivity contribution in [2.24, 2.45) is 0 Å². The molecule has 1 aliphatic heterocycles. The van der Waals surface area contributed by atoms with Gasteiger partial charge in [0.25, 0.3) is 0 Å². The third-order valence-corrected chi connectivity index (χ3v) is 5.76. The first-order chi connectivity index (χ1) is 9.49. The summed E-state index contributed by atoms with van der Waals surface area (Å²) in [6, 6.07) is 3.56. The molecule has 1 N–H and O–H groups in total. The number of nitrogens with one attached hydrogen (secondary N) is 1. The Hall–Kier alpha value is -0.500. The summed E-state index contributed by atoms with van der Waals surface area (Å²) in [6.07, 6.45) is 3.24. The van der Waals surface area contributed by atoms with Crippen LogP contribution >= 0.6 is 15.9 Å². The van der Waals surface area contributed by atoms with Crippen LogP contribution in [-0.4, -0.2) is 39.5 Å². The SMILES string of the molecule is O=S(=O)(NCCCN1CCCC1)c1ccc(F)cc1Br. The molecule has 0 saturated carbocycles. The Balaban J connectivity index is 1.87. The number of likely N-dealkylation sites (tertiary alicyclic amines) is 1. The average molecular weight is 365 g/mol. The Morgan fingerprint density at radius 1 is 1.30 bits per heavy atom. The summed E-state index contributed by atoms with van der Waals surface area (Å²) in [7, 11) is -3.59. The first-order valence-electron chi connectivity index (χ1n) is 6.66. The van der Waals surface area contributed by atoms with Gasteiger partial charge in [-0.2, -0.15) is 0 Å². The second-order valence-corrected chi connectivity index (χ2v) is 7.46. The maximum atomic E-state index is 13.0. The molecule has 0 amide bonds. The van der Waals surface area contributed by atoms with Crippen LogP contribution in [0.4, 0.5) is 4.39 Å². The average Bonchev–Trinajstić information content (AvgIpc) is 2.87. The van der Waals surface area contributed by atoms with Crippen LogP contribution in [0, 0.1) is 5.82 Å². The molecule has 4 nitrogen and oxygen atoms in total. The van der Waals surface area contributed by atoms with Crippen molar-refractivity contribution in [3.63, 3.8) is 0 Å². The molecule has 2 rings (SSSR count). The van der Waals surface area contributed by atoms with E-state index in [4.69, 9.17) is 0 Å². The molecule has 0 unspecified atom stereocenters. The fourth-order valence-electron chi connectivity index (χ4n) is 2.29. The third kappa shape index (κ3) is 4.25. The van der Waals surface area contributed by atoms with Gasteiger partial charge in [-0.25, -0.2) is 17.5 Å². The summed E-state index contributed by atoms with van der Waals surface area (Å²) in [4.78, 5) is 2.40. The van der Waals surface area contributed by atoms with Crippen molar-refractivity contribution in [2.45, 2.75) is 24.2 Å². The van der Waals surface area contributed by atoms with Gasteiger partial charge < -0.3 is 4.90 Å². The van der Waals surface area contributed by atoms with Crippen LogP contribution in [0.15, 0.2) is 27.6 Å². The molecule has 0 atom stereocenters. The van der Waals surface area contributed by atoms with Crippen LogP contribution in [0.3, 0.4) is 0 Å². The van der Waals surface area contributed by atoms with E-state index in [0.717, 1.165) is 38.2 Å². The van der Waals surface area contributed by atoms with E-state index >= 15 is 0 Å². The van der Waals surface area contributed by atoms with Crippen LogP contribution in [0.1, 0.15) is 19.3 Å². The number of benzene rings is 1. The van der Waals surface area contributed by atoms with Crippen molar-refractivity contribution in [2.75, 3.05) is 26.2 Å². The number of sulfonamides is 1. The van der Waals surface area contributed by atoms with E-state index in [1.807, 2.05) is 0 Å². The van der Waals surface area contributed by atoms with Gasteiger partial charge in [-0.3, -0.25) is 0 Å². The summed E-state index contributed by atoms with van der Waals surface area (Å²) in [5.41, 5.74) is 0. The van der Waals surface area contributed by atoms with E-state index in [-0.39, 0.29) is 9.37 Å². The molecule has 20 heavy (non-hydrogen) atoms. The lowest BCUT2D eigenvalue weighted by molar-refractivity contribution is 0.334. The fourth-order valence-corrected chi connectivity index (χ4v) is 4.41. The Morgan fingerprint density at radius 2 is 2.00 bits per heavy atom. The number of hydrogen-bond acceptors (Lipinski definition) is 3. The molecule has 0 aromatic heterocycles. The third-order valence-electron chi connectivity index (χ3n) is 3.33. The lowest BCUT2D eigenvalue weighted by atomic mass is 10.3. The zero-order valence-corrected chi connectivity index (χ0v) is 13.5. The quantitative estimate of drug-likeness (QED) is 0.788. The van der Waals surface area contributed by atoms with Crippen molar-refractivity contribution >= 4 is 26.0 Å². The smallest absolute Gasteiger partial charge is 0.241 e. The molecular weight excluding hydrogens is 347 g/mol. The Morgan fingerprint density at radius 3 is 2.65 bits per heavy atom. The molecule has 1 aromatic carbocycles. The molecule has 1 aliphatic rings. The van der Waals surface area contributed by atoms with Crippen molar-refractivity contribution in [1.29, 1.82) is 0 Å². The van der Waals surface area contributed by atoms with Gasteiger partial charge in [0.15, 0.2) is 0 Å². The largest absolute Gasteiger partial charge is 0.303 e. The molecular formula is C13H18BrFN2O2S. The van der Waals surface area contributed by atoms with Gasteiger partial charge in [0.05, 0.1) is 4.90 Å². The first kappa shape index (κ1) is 15.9. The van der Waals surface area contributed by atoms with Gasteiger partial charge >= 0.3 is 0 Å². The standard InChI is InChI=1S/C13H18BrFN2O2S/c14-12-10-11(15)4-5-13(12)20(18,19)16-6-3-9-17-7-1-2-8-17/h4-5,10,16H,1-3,6-9H2. The van der Waals surface area contributed by atoms with E-state index in [9.17, 15) is 12.8 Å². The predicted octanol–water partition coefficient (Wildman–Crippen LogP) is 2.35. The Kier molecular flexibility index (Phi) is 5.54. The normalized spacial score (nSPS) is 16.7. The minimum Gasteiger partial charge on any atom is -0.303 e. The molecule has 1 heterocycles. The zero-order valence-electron chi connectivity index (χ0n) is 11.1. The number of rotatable bonds is 6. The molecule has 0 radical (unpaired) electrons. The minimum absolute atomic E-state index is 0.0695. The molecule has 0 aliphatic carbocycles. The number of nitrogens with zero attached hydrogens (tertiary/aromatic N) is 1. The van der Waals surface area contributed by atoms with Gasteiger partial charge in [0.1, 0.15) is 5.82 Å². The second-order valence-electron chi connectivity index (χ2n) is 4.87. The Bertz CT molecular complexity index is 559. The van der Waals surface area contributed by atoms with E-state index in [1.165, 1.54) is 18.9 Å². The topological polar surface area (TPSA) is 49.4 Å². The van der Waals surface area contributed by atoms with Gasteiger partial charge in [-0.05, 0) is 73.0 Å². The van der Waals surface area contributed by atoms with E-state index in [1.54, 1.807) is 0 Å². The van der Waals surface area contributed by atoms with Crippen LogP contribution in [-0.2, 0) is 10.0 Å². The van der Waals surface area contributed by atoms with Crippen molar-refractivity contribution in [1.82, 2.24) is 9.62 Å². The van der Waals surface area contributed by atoms with Gasteiger partial charge in [0, 0.05) is 11.0 Å². The summed E-state index contributed by atoms with van der Waals surface area (Å²) in [5, 5.41) is 0. The summed E-state index contributed by atoms with van der Waals surface area (Å²) in [5.74, 6) is -0.468. The molecule has 0 bridgehead atoms. The minimum atomic E-state index is -3.59. The molecule has 1 aromatic rings. The molecule has 112 valence electrons.